The second kappa shape index (κ2) is 5.57. The van der Waals surface area contributed by atoms with E-state index in [9.17, 15) is 40.2 Å². The van der Waals surface area contributed by atoms with Crippen molar-refractivity contribution in [2.45, 2.75) is 0 Å². The highest BCUT2D eigenvalue weighted by molar-refractivity contribution is 6.52. The topological polar surface area (TPSA) is 156 Å². The quantitative estimate of drug-likeness (QED) is 0.125. The Morgan fingerprint density at radius 3 is 0.947 bits per heavy atom. The molecule has 0 amide bonds. The van der Waals surface area contributed by atoms with Gasteiger partial charge in [-0.25, -0.2) is 0 Å². The molecule has 9 aromatic rings. The van der Waals surface area contributed by atoms with Crippen LogP contribution in [0.1, 0.15) is 0 Å². The van der Waals surface area contributed by atoms with Crippen LogP contribution >= 0.6 is 0 Å². The number of aromatic hydroxyl groups is 6. The molecule has 8 nitrogen and oxygen atoms in total. The minimum absolute atomic E-state index is 0.0211. The van der Waals surface area contributed by atoms with Crippen molar-refractivity contribution in [1.82, 2.24) is 0 Å². The third-order valence-electron chi connectivity index (χ3n) is 8.35. The fourth-order valence-corrected chi connectivity index (χ4v) is 7.09. The maximum absolute atomic E-state index is 13.9. The molecular formula is C30H12O8. The van der Waals surface area contributed by atoms with Crippen molar-refractivity contribution in [3.05, 3.63) is 56.8 Å². The van der Waals surface area contributed by atoms with Gasteiger partial charge in [0.05, 0.1) is 21.5 Å². The van der Waals surface area contributed by atoms with Crippen LogP contribution in [0.3, 0.4) is 0 Å². The van der Waals surface area contributed by atoms with Crippen molar-refractivity contribution in [3.63, 3.8) is 0 Å². The van der Waals surface area contributed by atoms with Crippen molar-refractivity contribution < 1.29 is 30.6 Å². The molecule has 0 saturated carbocycles. The van der Waals surface area contributed by atoms with E-state index in [2.05, 4.69) is 0 Å². The normalized spacial score (nSPS) is 13.1. The van der Waals surface area contributed by atoms with E-state index in [1.807, 2.05) is 0 Å². The first-order valence-corrected chi connectivity index (χ1v) is 11.7. The van der Waals surface area contributed by atoms with Crippen LogP contribution in [0.15, 0.2) is 46.0 Å². The summed E-state index contributed by atoms with van der Waals surface area (Å²) in [6.45, 7) is 0. The van der Waals surface area contributed by atoms with Gasteiger partial charge in [-0.1, -0.05) is 12.1 Å². The molecule has 0 aliphatic heterocycles. The number of fused-ring (bicyclic) bond motifs is 1. The van der Waals surface area contributed by atoms with Gasteiger partial charge in [0, 0.05) is 55.2 Å². The fraction of sp³-hybridized carbons (Fsp3) is 0. The van der Waals surface area contributed by atoms with Gasteiger partial charge in [0.1, 0.15) is 34.5 Å². The van der Waals surface area contributed by atoms with Crippen LogP contribution in [0.4, 0.5) is 0 Å². The average Bonchev–Trinajstić information content (AvgIpc) is 2.85. The molecule has 0 bridgehead atoms. The first-order chi connectivity index (χ1) is 18.2. The van der Waals surface area contributed by atoms with Crippen LogP contribution in [-0.4, -0.2) is 30.6 Å². The lowest BCUT2D eigenvalue weighted by Crippen LogP contribution is -2.10. The van der Waals surface area contributed by atoms with E-state index in [0.29, 0.717) is 43.1 Å². The predicted molar refractivity (Wildman–Crippen MR) is 145 cm³/mol. The number of hydrogen-bond acceptors (Lipinski definition) is 8. The Hall–Kier alpha value is -5.50. The zero-order chi connectivity index (χ0) is 26.1. The van der Waals surface area contributed by atoms with Gasteiger partial charge < -0.3 is 30.6 Å². The highest BCUT2D eigenvalue weighted by Crippen LogP contribution is 2.57. The molecule has 38 heavy (non-hydrogen) atoms. The molecule has 0 radical (unpaired) electrons. The lowest BCUT2D eigenvalue weighted by atomic mass is 9.78. The van der Waals surface area contributed by atoms with Gasteiger partial charge in [-0.2, -0.15) is 0 Å². The summed E-state index contributed by atoms with van der Waals surface area (Å²) in [6, 6.07) is 8.34. The van der Waals surface area contributed by atoms with Gasteiger partial charge in [-0.05, 0) is 33.7 Å². The molecule has 180 valence electrons. The Bertz CT molecular complexity index is 2470. The summed E-state index contributed by atoms with van der Waals surface area (Å²) in [5.41, 5.74) is -1.32. The molecule has 0 aromatic heterocycles. The van der Waals surface area contributed by atoms with Crippen molar-refractivity contribution in [2.24, 2.45) is 0 Å². The molecule has 9 aromatic carbocycles. The van der Waals surface area contributed by atoms with E-state index < -0.39 is 33.9 Å². The first-order valence-electron chi connectivity index (χ1n) is 11.7. The summed E-state index contributed by atoms with van der Waals surface area (Å²) >= 11 is 0. The summed E-state index contributed by atoms with van der Waals surface area (Å²) in [4.78, 5) is 27.8. The predicted octanol–water partition coefficient (Wildman–Crippen LogP) is 5.06. The Morgan fingerprint density at radius 1 is 0.316 bits per heavy atom. The zero-order valence-electron chi connectivity index (χ0n) is 19.0. The lowest BCUT2D eigenvalue weighted by molar-refractivity contribution is 0.455. The molecule has 0 aliphatic carbocycles. The van der Waals surface area contributed by atoms with Gasteiger partial charge in [0.15, 0.2) is 0 Å². The molecule has 8 heteroatoms. The number of phenolic OH excluding ortho intramolecular Hbond substituents is 6. The van der Waals surface area contributed by atoms with E-state index in [-0.39, 0.29) is 54.6 Å². The number of hydrogen-bond donors (Lipinski definition) is 6. The summed E-state index contributed by atoms with van der Waals surface area (Å²) < 4.78 is 0. The van der Waals surface area contributed by atoms with E-state index in [1.165, 1.54) is 12.1 Å². The van der Waals surface area contributed by atoms with Gasteiger partial charge >= 0.3 is 0 Å². The maximum atomic E-state index is 13.9. The first kappa shape index (κ1) is 19.7. The van der Waals surface area contributed by atoms with Crippen LogP contribution in [0.2, 0.25) is 0 Å². The highest BCUT2D eigenvalue weighted by Gasteiger charge is 2.33. The maximum Gasteiger partial charge on any atom is 0.201 e. The Balaban J connectivity index is 1.93. The third kappa shape index (κ3) is 1.74. The van der Waals surface area contributed by atoms with Crippen LogP contribution in [0.25, 0.3) is 86.2 Å². The zero-order valence-corrected chi connectivity index (χ0v) is 19.0. The van der Waals surface area contributed by atoms with E-state index in [0.717, 1.165) is 12.1 Å². The average molecular weight is 500 g/mol. The van der Waals surface area contributed by atoms with Crippen LogP contribution < -0.4 is 10.9 Å². The standard InChI is InChI=1S/C30H12O8/c31-9-3-7-1-2-8-4-10(32)20-24-16(8)15(7)23-19(9)29(37)21-13(35)5-11(33)17-18-12(34)6-14(36)22(30(20)38)26(18)28(24)27(23)25(17)21/h1-6,31-36H. The molecule has 0 saturated heterocycles. The molecule has 0 aliphatic rings. The molecule has 0 fully saturated rings. The summed E-state index contributed by atoms with van der Waals surface area (Å²) in [5.74, 6) is -2.52. The minimum atomic E-state index is -0.661. The largest absolute Gasteiger partial charge is 0.507 e. The molecular weight excluding hydrogens is 488 g/mol. The van der Waals surface area contributed by atoms with Gasteiger partial charge in [-0.15, -0.1) is 0 Å². The summed E-state index contributed by atoms with van der Waals surface area (Å²) in [5, 5.41) is 69.7. The monoisotopic (exact) mass is 500 g/mol. The minimum Gasteiger partial charge on any atom is -0.507 e. The molecule has 9 rings (SSSR count). The number of benzene rings is 9. The Kier molecular flexibility index (Phi) is 2.88. The van der Waals surface area contributed by atoms with Crippen LogP contribution in [-0.2, 0) is 0 Å². The van der Waals surface area contributed by atoms with Crippen molar-refractivity contribution >= 4 is 86.2 Å². The van der Waals surface area contributed by atoms with Crippen LogP contribution in [0.5, 0.6) is 34.5 Å². The Labute approximate surface area is 208 Å². The number of rotatable bonds is 0. The SMILES string of the molecule is O=c1c2c(O)cc(O)c3c4c(O)cc(O)c5c(=O)c6c(O)cc7ccc8cc(O)c1c1c8c7c6c(c54)c1c23. The van der Waals surface area contributed by atoms with Gasteiger partial charge in [0.2, 0.25) is 10.9 Å². The van der Waals surface area contributed by atoms with E-state index in [4.69, 9.17) is 0 Å². The van der Waals surface area contributed by atoms with Crippen molar-refractivity contribution in [1.29, 1.82) is 0 Å². The molecule has 6 N–H and O–H groups in total. The second-order valence-corrected chi connectivity index (χ2v) is 10.0. The molecule has 0 spiro atoms. The molecule has 0 atom stereocenters. The van der Waals surface area contributed by atoms with Gasteiger partial charge in [0.25, 0.3) is 0 Å². The van der Waals surface area contributed by atoms with Crippen molar-refractivity contribution in [3.8, 4) is 34.5 Å². The summed E-state index contributed by atoms with van der Waals surface area (Å²) in [6.07, 6.45) is 0. The van der Waals surface area contributed by atoms with Crippen LogP contribution in [0, 0.1) is 0 Å². The van der Waals surface area contributed by atoms with E-state index in [1.54, 1.807) is 12.1 Å². The van der Waals surface area contributed by atoms with Gasteiger partial charge in [-0.3, -0.25) is 9.59 Å². The molecule has 0 unspecified atom stereocenters. The summed E-state index contributed by atoms with van der Waals surface area (Å²) in [7, 11) is 0. The number of phenols is 6. The molecule has 0 heterocycles. The fourth-order valence-electron chi connectivity index (χ4n) is 7.09. The third-order valence-corrected chi connectivity index (χ3v) is 8.35. The van der Waals surface area contributed by atoms with E-state index >= 15 is 0 Å². The smallest absolute Gasteiger partial charge is 0.201 e. The Morgan fingerprint density at radius 2 is 0.579 bits per heavy atom. The second-order valence-electron chi connectivity index (χ2n) is 10.0. The lowest BCUT2D eigenvalue weighted by Gasteiger charge is -2.25. The highest BCUT2D eigenvalue weighted by atomic mass is 16.3. The van der Waals surface area contributed by atoms with Crippen molar-refractivity contribution in [2.75, 3.05) is 0 Å².